The smallest absolute Gasteiger partial charge is 0.214 e. The highest BCUT2D eigenvalue weighted by atomic mass is 32.2. The first-order valence-corrected chi connectivity index (χ1v) is 7.62. The summed E-state index contributed by atoms with van der Waals surface area (Å²) in [5.41, 5.74) is 1.17. The first-order chi connectivity index (χ1) is 8.39. The fourth-order valence-electron chi connectivity index (χ4n) is 2.29. The minimum absolute atomic E-state index is 0.116. The highest BCUT2D eigenvalue weighted by molar-refractivity contribution is 7.89. The molecule has 1 aromatic rings. The van der Waals surface area contributed by atoms with Crippen LogP contribution in [-0.4, -0.2) is 48.4 Å². The molecule has 1 N–H and O–H groups in total. The highest BCUT2D eigenvalue weighted by Crippen LogP contribution is 2.31. The van der Waals surface area contributed by atoms with Gasteiger partial charge < -0.3 is 4.74 Å². The van der Waals surface area contributed by atoms with E-state index in [9.17, 15) is 8.42 Å². The zero-order chi connectivity index (χ0) is 13.4. The molecule has 1 atom stereocenters. The second-order valence-corrected chi connectivity index (χ2v) is 7.00. The van der Waals surface area contributed by atoms with Gasteiger partial charge in [0.2, 0.25) is 10.0 Å². The van der Waals surface area contributed by atoms with Gasteiger partial charge in [0, 0.05) is 13.1 Å². The summed E-state index contributed by atoms with van der Waals surface area (Å²) in [5.74, 6) is 0.116. The number of morpholine rings is 1. The van der Waals surface area contributed by atoms with E-state index in [-0.39, 0.29) is 5.75 Å². The third-order valence-electron chi connectivity index (χ3n) is 3.36. The van der Waals surface area contributed by atoms with Gasteiger partial charge in [-0.05, 0) is 26.3 Å². The maximum atomic E-state index is 11.9. The lowest BCUT2D eigenvalue weighted by Crippen LogP contribution is -2.51. The molecule has 1 fully saturated rings. The van der Waals surface area contributed by atoms with Gasteiger partial charge in [0.05, 0.1) is 24.3 Å². The number of nitrogens with zero attached hydrogens (tertiary/aromatic N) is 2. The number of rotatable bonds is 3. The van der Waals surface area contributed by atoms with Gasteiger partial charge >= 0.3 is 0 Å². The predicted octanol–water partition coefficient (Wildman–Crippen LogP) is 0.615. The third-order valence-corrected chi connectivity index (χ3v) is 5.18. The fraction of sp³-hybridized carbons (Fsp3) is 0.727. The van der Waals surface area contributed by atoms with E-state index in [4.69, 9.17) is 4.74 Å². The lowest BCUT2D eigenvalue weighted by molar-refractivity contribution is -0.0849. The number of aryl methyl sites for hydroxylation is 1. The van der Waals surface area contributed by atoms with Crippen molar-refractivity contribution in [2.24, 2.45) is 0 Å². The minimum atomic E-state index is -3.18. The molecule has 18 heavy (non-hydrogen) atoms. The van der Waals surface area contributed by atoms with Gasteiger partial charge in [-0.25, -0.2) is 8.42 Å². The Morgan fingerprint density at radius 1 is 1.61 bits per heavy atom. The quantitative estimate of drug-likeness (QED) is 0.876. The first kappa shape index (κ1) is 13.5. The second kappa shape index (κ2) is 4.64. The van der Waals surface area contributed by atoms with Crippen LogP contribution in [0.4, 0.5) is 0 Å². The van der Waals surface area contributed by atoms with E-state index >= 15 is 0 Å². The van der Waals surface area contributed by atoms with Crippen LogP contribution in [-0.2, 0) is 20.4 Å². The highest BCUT2D eigenvalue weighted by Gasteiger charge is 2.39. The SMILES string of the molecule is CCS(=O)(=O)N1CCO[C@](C)(c2[nH]ncc2C)C1. The molecular weight excluding hydrogens is 254 g/mol. The van der Waals surface area contributed by atoms with E-state index in [0.717, 1.165) is 11.3 Å². The Morgan fingerprint density at radius 3 is 2.89 bits per heavy atom. The van der Waals surface area contributed by atoms with Gasteiger partial charge in [-0.2, -0.15) is 9.40 Å². The number of hydrogen-bond acceptors (Lipinski definition) is 4. The fourth-order valence-corrected chi connectivity index (χ4v) is 3.45. The lowest BCUT2D eigenvalue weighted by atomic mass is 9.98. The maximum absolute atomic E-state index is 11.9. The molecule has 7 heteroatoms. The molecule has 0 radical (unpaired) electrons. The zero-order valence-electron chi connectivity index (χ0n) is 10.9. The van der Waals surface area contributed by atoms with Gasteiger partial charge in [0.25, 0.3) is 0 Å². The normalized spacial score (nSPS) is 26.4. The van der Waals surface area contributed by atoms with Crippen molar-refractivity contribution in [2.45, 2.75) is 26.4 Å². The van der Waals surface area contributed by atoms with Crippen LogP contribution in [0.3, 0.4) is 0 Å². The average Bonchev–Trinajstić information content (AvgIpc) is 2.76. The lowest BCUT2D eigenvalue weighted by Gasteiger charge is -2.39. The Balaban J connectivity index is 2.29. The Kier molecular flexibility index (Phi) is 3.48. The van der Waals surface area contributed by atoms with Crippen LogP contribution in [0.2, 0.25) is 0 Å². The third kappa shape index (κ3) is 2.30. The Labute approximate surface area is 107 Å². The zero-order valence-corrected chi connectivity index (χ0v) is 11.7. The molecule has 1 aliphatic rings. The standard InChI is InChI=1S/C11H19N3O3S/c1-4-18(15,16)14-5-6-17-11(3,8-14)10-9(2)7-12-13-10/h7H,4-6,8H2,1-3H3,(H,12,13)/t11-/m0/s1. The van der Waals surface area contributed by atoms with Gasteiger partial charge in [-0.3, -0.25) is 5.10 Å². The van der Waals surface area contributed by atoms with Gasteiger partial charge in [-0.15, -0.1) is 0 Å². The minimum Gasteiger partial charge on any atom is -0.366 e. The summed E-state index contributed by atoms with van der Waals surface area (Å²) < 4.78 is 31.2. The Hall–Kier alpha value is -0.920. The van der Waals surface area contributed by atoms with Crippen molar-refractivity contribution in [3.8, 4) is 0 Å². The van der Waals surface area contributed by atoms with Crippen molar-refractivity contribution in [3.05, 3.63) is 17.5 Å². The van der Waals surface area contributed by atoms with Crippen LogP contribution in [0.5, 0.6) is 0 Å². The van der Waals surface area contributed by atoms with Gasteiger partial charge in [0.1, 0.15) is 5.60 Å². The van der Waals surface area contributed by atoms with E-state index < -0.39 is 15.6 Å². The molecule has 2 rings (SSSR count). The number of nitrogens with one attached hydrogen (secondary N) is 1. The predicted molar refractivity (Wildman–Crippen MR) is 67.7 cm³/mol. The molecule has 1 aliphatic heterocycles. The first-order valence-electron chi connectivity index (χ1n) is 6.01. The summed E-state index contributed by atoms with van der Waals surface area (Å²) in [7, 11) is -3.18. The largest absolute Gasteiger partial charge is 0.366 e. The topological polar surface area (TPSA) is 75.3 Å². The summed E-state index contributed by atoms with van der Waals surface area (Å²) in [6, 6.07) is 0. The van der Waals surface area contributed by atoms with Crippen LogP contribution in [0, 0.1) is 6.92 Å². The number of H-pyrrole nitrogens is 1. The summed E-state index contributed by atoms with van der Waals surface area (Å²) in [5, 5.41) is 6.89. The van der Waals surface area contributed by atoms with Crippen LogP contribution in [0.25, 0.3) is 0 Å². The number of aromatic amines is 1. The average molecular weight is 273 g/mol. The number of ether oxygens (including phenoxy) is 1. The molecule has 6 nitrogen and oxygen atoms in total. The molecule has 0 saturated carbocycles. The van der Waals surface area contributed by atoms with Crippen molar-refractivity contribution in [1.29, 1.82) is 0 Å². The van der Waals surface area contributed by atoms with Gasteiger partial charge in [0.15, 0.2) is 0 Å². The molecule has 1 saturated heterocycles. The van der Waals surface area contributed by atoms with Crippen LogP contribution < -0.4 is 0 Å². The van der Waals surface area contributed by atoms with E-state index in [0.29, 0.717) is 19.7 Å². The maximum Gasteiger partial charge on any atom is 0.214 e. The van der Waals surface area contributed by atoms with Crippen molar-refractivity contribution >= 4 is 10.0 Å². The molecular formula is C11H19N3O3S. The van der Waals surface area contributed by atoms with E-state index in [1.807, 2.05) is 13.8 Å². The molecule has 0 aliphatic carbocycles. The van der Waals surface area contributed by atoms with Crippen molar-refractivity contribution < 1.29 is 13.2 Å². The van der Waals surface area contributed by atoms with Crippen LogP contribution in [0.1, 0.15) is 25.1 Å². The van der Waals surface area contributed by atoms with Crippen molar-refractivity contribution in [1.82, 2.24) is 14.5 Å². The second-order valence-electron chi connectivity index (χ2n) is 4.74. The molecule has 102 valence electrons. The molecule has 0 spiro atoms. The summed E-state index contributed by atoms with van der Waals surface area (Å²) >= 11 is 0. The molecule has 2 heterocycles. The van der Waals surface area contributed by atoms with Crippen molar-refractivity contribution in [3.63, 3.8) is 0 Å². The van der Waals surface area contributed by atoms with E-state index in [1.54, 1.807) is 13.1 Å². The van der Waals surface area contributed by atoms with Gasteiger partial charge in [-0.1, -0.05) is 0 Å². The molecule has 0 amide bonds. The molecule has 1 aromatic heterocycles. The van der Waals surface area contributed by atoms with Crippen molar-refractivity contribution in [2.75, 3.05) is 25.4 Å². The number of sulfonamides is 1. The monoisotopic (exact) mass is 273 g/mol. The number of aromatic nitrogens is 2. The molecule has 0 bridgehead atoms. The van der Waals surface area contributed by atoms with Crippen LogP contribution >= 0.6 is 0 Å². The Morgan fingerprint density at radius 2 is 2.33 bits per heavy atom. The van der Waals surface area contributed by atoms with E-state index in [1.165, 1.54) is 4.31 Å². The summed E-state index contributed by atoms with van der Waals surface area (Å²) in [6.07, 6.45) is 1.72. The molecule has 0 unspecified atom stereocenters. The summed E-state index contributed by atoms with van der Waals surface area (Å²) in [4.78, 5) is 0. The number of hydrogen-bond donors (Lipinski definition) is 1. The van der Waals surface area contributed by atoms with E-state index in [2.05, 4.69) is 10.2 Å². The molecule has 0 aromatic carbocycles. The summed E-state index contributed by atoms with van der Waals surface area (Å²) in [6.45, 7) is 6.62. The Bertz CT molecular complexity index is 525. The van der Waals surface area contributed by atoms with Crippen LogP contribution in [0.15, 0.2) is 6.20 Å².